The van der Waals surface area contributed by atoms with Gasteiger partial charge in [-0.25, -0.2) is 0 Å². The molecule has 1 heterocycles. The third-order valence-electron chi connectivity index (χ3n) is 2.25. The molecule has 1 aliphatic rings. The highest BCUT2D eigenvalue weighted by Gasteiger charge is 2.24. The van der Waals surface area contributed by atoms with E-state index in [2.05, 4.69) is 76.4 Å². The first-order valence-electron chi connectivity index (χ1n) is 4.40. The van der Waals surface area contributed by atoms with E-state index >= 15 is 0 Å². The topological polar surface area (TPSA) is 0 Å². The van der Waals surface area contributed by atoms with Crippen LogP contribution >= 0.6 is 56.9 Å². The van der Waals surface area contributed by atoms with Crippen LogP contribution < -0.4 is 0 Å². The molecular weight excluding hydrogens is 418 g/mol. The summed E-state index contributed by atoms with van der Waals surface area (Å²) in [6.07, 6.45) is 0. The van der Waals surface area contributed by atoms with Crippen molar-refractivity contribution < 1.29 is 0 Å². The van der Waals surface area contributed by atoms with E-state index in [1.54, 1.807) is 0 Å². The van der Waals surface area contributed by atoms with Crippen LogP contribution in [-0.2, 0) is 0 Å². The Hall–Kier alpha value is 0.770. The van der Waals surface area contributed by atoms with Crippen molar-refractivity contribution in [3.05, 3.63) is 42.6 Å². The minimum atomic E-state index is 0.586. The van der Waals surface area contributed by atoms with Gasteiger partial charge in [-0.05, 0) is 57.7 Å². The van der Waals surface area contributed by atoms with Crippen LogP contribution in [0.15, 0.2) is 31.4 Å². The molecule has 0 saturated heterocycles. The lowest BCUT2D eigenvalue weighted by molar-refractivity contribution is 1.23. The maximum Gasteiger partial charge on any atom is 0.0615 e. The highest BCUT2D eigenvalue weighted by molar-refractivity contribution is 14.1. The average molecular weight is 428 g/mol. The van der Waals surface area contributed by atoms with Gasteiger partial charge in [0, 0.05) is 12.9 Å². The van der Waals surface area contributed by atoms with Gasteiger partial charge < -0.3 is 0 Å². The van der Waals surface area contributed by atoms with E-state index in [9.17, 15) is 0 Å². The lowest BCUT2D eigenvalue weighted by Gasteiger charge is -2.10. The first-order valence-corrected chi connectivity index (χ1v) is 7.61. The Morgan fingerprint density at radius 1 is 1.21 bits per heavy atom. The molecule has 3 heteroatoms. The maximum absolute atomic E-state index is 2.48. The van der Waals surface area contributed by atoms with Gasteiger partial charge in [0.1, 0.15) is 0 Å². The highest BCUT2D eigenvalue weighted by atomic mass is 127. The molecule has 0 nitrogen and oxygen atoms in total. The monoisotopic (exact) mass is 428 g/mol. The highest BCUT2D eigenvalue weighted by Crippen LogP contribution is 2.49. The molecule has 0 aromatic heterocycles. The first kappa shape index (κ1) is 11.3. The number of benzene rings is 1. The summed E-state index contributed by atoms with van der Waals surface area (Å²) in [6, 6.07) is 8.90. The van der Waals surface area contributed by atoms with Gasteiger partial charge in [-0.15, -0.1) is 11.8 Å². The Kier molecular flexibility index (Phi) is 3.81. The summed E-state index contributed by atoms with van der Waals surface area (Å²) in [7, 11) is 0. The molecule has 2 rings (SSSR count). The molecular formula is C11H10I2S. The van der Waals surface area contributed by atoms with Gasteiger partial charge in [-0.2, -0.15) is 0 Å². The fraction of sp³-hybridized carbons (Fsp3) is 0.273. The summed E-state index contributed by atoms with van der Waals surface area (Å²) in [5.74, 6) is 1.18. The van der Waals surface area contributed by atoms with Gasteiger partial charge >= 0.3 is 0 Å². The number of halogens is 2. The molecule has 0 N–H and O–H groups in total. The second kappa shape index (κ2) is 4.74. The quantitative estimate of drug-likeness (QED) is 0.576. The summed E-state index contributed by atoms with van der Waals surface area (Å²) in [6.45, 7) is 2.14. The second-order valence-electron chi connectivity index (χ2n) is 3.35. The largest absolute Gasteiger partial charge is 0.143 e. The normalized spacial score (nSPS) is 21.8. The Morgan fingerprint density at radius 3 is 2.36 bits per heavy atom. The number of aryl methyl sites for hydroxylation is 1. The number of thioether (sulfide) groups is 1. The van der Waals surface area contributed by atoms with Crippen molar-refractivity contribution in [1.82, 2.24) is 0 Å². The van der Waals surface area contributed by atoms with Crippen molar-refractivity contribution in [3.8, 4) is 0 Å². The standard InChI is InChI=1S/C11H10I2S/c1-7-2-4-8(5-3-7)11-10(13)9(12)6-14-11/h2-5,11H,6H2,1H3. The van der Waals surface area contributed by atoms with Crippen LogP contribution in [0.4, 0.5) is 0 Å². The van der Waals surface area contributed by atoms with Crippen LogP contribution in [-0.4, -0.2) is 5.75 Å². The van der Waals surface area contributed by atoms with Crippen LogP contribution in [0.1, 0.15) is 16.4 Å². The fourth-order valence-electron chi connectivity index (χ4n) is 1.42. The SMILES string of the molecule is Cc1ccc(C2SCC(I)=C2I)cc1. The summed E-state index contributed by atoms with van der Waals surface area (Å²) in [4.78, 5) is 0. The average Bonchev–Trinajstić information content (AvgIpc) is 2.50. The molecule has 1 unspecified atom stereocenters. The summed E-state index contributed by atoms with van der Waals surface area (Å²) < 4.78 is 3.02. The first-order chi connectivity index (χ1) is 6.68. The molecule has 0 spiro atoms. The number of hydrogen-bond donors (Lipinski definition) is 0. The van der Waals surface area contributed by atoms with E-state index in [1.807, 2.05) is 11.8 Å². The molecule has 0 saturated carbocycles. The molecule has 1 aromatic carbocycles. The summed E-state index contributed by atoms with van der Waals surface area (Å²) in [5, 5.41) is 0.586. The lowest BCUT2D eigenvalue weighted by Crippen LogP contribution is -1.89. The predicted molar refractivity (Wildman–Crippen MR) is 81.4 cm³/mol. The van der Waals surface area contributed by atoms with E-state index in [0.717, 1.165) is 0 Å². The van der Waals surface area contributed by atoms with Crippen molar-refractivity contribution in [1.29, 1.82) is 0 Å². The smallest absolute Gasteiger partial charge is 0.0615 e. The summed E-state index contributed by atoms with van der Waals surface area (Å²) in [5.41, 5.74) is 2.78. The second-order valence-corrected chi connectivity index (χ2v) is 6.91. The molecule has 0 bridgehead atoms. The van der Waals surface area contributed by atoms with Crippen molar-refractivity contribution >= 4 is 56.9 Å². The number of rotatable bonds is 1. The van der Waals surface area contributed by atoms with Crippen molar-refractivity contribution in [3.63, 3.8) is 0 Å². The molecule has 0 radical (unpaired) electrons. The van der Waals surface area contributed by atoms with E-state index in [-0.39, 0.29) is 0 Å². The molecule has 1 aromatic rings. The van der Waals surface area contributed by atoms with Crippen molar-refractivity contribution in [2.75, 3.05) is 5.75 Å². The van der Waals surface area contributed by atoms with E-state index in [0.29, 0.717) is 5.25 Å². The Labute approximate surface area is 116 Å². The van der Waals surface area contributed by atoms with E-state index in [4.69, 9.17) is 0 Å². The van der Waals surface area contributed by atoms with Gasteiger partial charge in [0.05, 0.1) is 5.25 Å². The van der Waals surface area contributed by atoms with Gasteiger partial charge in [0.25, 0.3) is 0 Å². The van der Waals surface area contributed by atoms with Gasteiger partial charge in [0.15, 0.2) is 0 Å². The van der Waals surface area contributed by atoms with Crippen LogP contribution in [0.5, 0.6) is 0 Å². The predicted octanol–water partition coefficient (Wildman–Crippen LogP) is 4.86. The van der Waals surface area contributed by atoms with Crippen LogP contribution in [0, 0.1) is 6.92 Å². The molecule has 1 atom stereocenters. The van der Waals surface area contributed by atoms with E-state index < -0.39 is 0 Å². The Morgan fingerprint density at radius 2 is 1.86 bits per heavy atom. The minimum Gasteiger partial charge on any atom is -0.143 e. The van der Waals surface area contributed by atoms with Gasteiger partial charge in [-0.1, -0.05) is 29.8 Å². The van der Waals surface area contributed by atoms with Crippen LogP contribution in [0.2, 0.25) is 0 Å². The van der Waals surface area contributed by atoms with E-state index in [1.165, 1.54) is 24.0 Å². The van der Waals surface area contributed by atoms with Gasteiger partial charge in [0.2, 0.25) is 0 Å². The fourth-order valence-corrected chi connectivity index (χ4v) is 4.94. The molecule has 0 fully saturated rings. The zero-order valence-electron chi connectivity index (χ0n) is 7.76. The van der Waals surface area contributed by atoms with Crippen molar-refractivity contribution in [2.24, 2.45) is 0 Å². The molecule has 14 heavy (non-hydrogen) atoms. The third kappa shape index (κ3) is 2.29. The maximum atomic E-state index is 2.48. The van der Waals surface area contributed by atoms with Crippen LogP contribution in [0.3, 0.4) is 0 Å². The Balaban J connectivity index is 2.29. The zero-order valence-corrected chi connectivity index (χ0v) is 12.9. The molecule has 0 aliphatic carbocycles. The zero-order chi connectivity index (χ0) is 10.1. The number of hydrogen-bond acceptors (Lipinski definition) is 1. The Bertz CT molecular complexity index is 367. The molecule has 0 amide bonds. The minimum absolute atomic E-state index is 0.586. The lowest BCUT2D eigenvalue weighted by atomic mass is 10.1. The molecule has 1 aliphatic heterocycles. The van der Waals surface area contributed by atoms with Gasteiger partial charge in [-0.3, -0.25) is 0 Å². The third-order valence-corrected chi connectivity index (χ3v) is 7.75. The summed E-state index contributed by atoms with van der Waals surface area (Å²) >= 11 is 6.97. The van der Waals surface area contributed by atoms with Crippen LogP contribution in [0.25, 0.3) is 0 Å². The van der Waals surface area contributed by atoms with Crippen molar-refractivity contribution in [2.45, 2.75) is 12.2 Å². The molecule has 74 valence electrons.